The highest BCUT2D eigenvalue weighted by Crippen LogP contribution is 2.32. The van der Waals surface area contributed by atoms with Gasteiger partial charge < -0.3 is 19.8 Å². The standard InChI is InChI=1S/C11H14ClN5O3S/c1-21-19-3-6-5(18)2-7(20-6)17-4-14-8-9(13)15-11(12)16-10(8)17/h4-7,18H,2-3H2,1H3,(H2,13,15,16). The summed E-state index contributed by atoms with van der Waals surface area (Å²) in [7, 11) is 0. The zero-order chi connectivity index (χ0) is 15.0. The summed E-state index contributed by atoms with van der Waals surface area (Å²) in [5, 5.41) is 10.1. The number of aliphatic hydroxyl groups excluding tert-OH is 1. The molecule has 1 saturated heterocycles. The van der Waals surface area contributed by atoms with Gasteiger partial charge in [-0.3, -0.25) is 4.57 Å². The minimum atomic E-state index is -0.616. The van der Waals surface area contributed by atoms with E-state index in [0.717, 1.165) is 0 Å². The average molecular weight is 332 g/mol. The van der Waals surface area contributed by atoms with E-state index in [2.05, 4.69) is 15.0 Å². The average Bonchev–Trinajstić information content (AvgIpc) is 3.00. The van der Waals surface area contributed by atoms with Gasteiger partial charge in [0.15, 0.2) is 11.5 Å². The van der Waals surface area contributed by atoms with Gasteiger partial charge >= 0.3 is 0 Å². The minimum absolute atomic E-state index is 0.0440. The Bertz CT molecular complexity index is 654. The predicted octanol–water partition coefficient (Wildman–Crippen LogP) is 1.00. The molecule has 114 valence electrons. The first-order valence-electron chi connectivity index (χ1n) is 6.25. The van der Waals surface area contributed by atoms with Gasteiger partial charge in [0.2, 0.25) is 5.28 Å². The topological polar surface area (TPSA) is 108 Å². The quantitative estimate of drug-likeness (QED) is 0.631. The lowest BCUT2D eigenvalue weighted by Gasteiger charge is -2.15. The maximum absolute atomic E-state index is 10.0. The summed E-state index contributed by atoms with van der Waals surface area (Å²) in [5.74, 6) is 0.213. The second kappa shape index (κ2) is 5.93. The minimum Gasteiger partial charge on any atom is -0.390 e. The van der Waals surface area contributed by atoms with E-state index in [0.29, 0.717) is 24.2 Å². The fourth-order valence-corrected chi connectivity index (χ4v) is 2.73. The Labute approximate surface area is 129 Å². The summed E-state index contributed by atoms with van der Waals surface area (Å²) < 4.78 is 12.7. The summed E-state index contributed by atoms with van der Waals surface area (Å²) in [6, 6.07) is 0. The molecule has 3 heterocycles. The molecule has 3 rings (SSSR count). The van der Waals surface area contributed by atoms with Crippen molar-refractivity contribution < 1.29 is 14.0 Å². The number of nitrogen functional groups attached to an aromatic ring is 1. The van der Waals surface area contributed by atoms with Crippen LogP contribution < -0.4 is 5.73 Å². The predicted molar refractivity (Wildman–Crippen MR) is 78.7 cm³/mol. The van der Waals surface area contributed by atoms with Crippen LogP contribution in [-0.4, -0.2) is 49.7 Å². The van der Waals surface area contributed by atoms with Crippen molar-refractivity contribution in [2.45, 2.75) is 24.9 Å². The first kappa shape index (κ1) is 14.8. The van der Waals surface area contributed by atoms with E-state index >= 15 is 0 Å². The molecule has 0 spiro atoms. The Hall–Kier alpha value is -1.13. The largest absolute Gasteiger partial charge is 0.390 e. The Kier molecular flexibility index (Phi) is 4.18. The lowest BCUT2D eigenvalue weighted by molar-refractivity contribution is -0.0350. The SMILES string of the molecule is CSOCC1OC(n2cnc3c(N)nc(Cl)nc32)CC1O. The lowest BCUT2D eigenvalue weighted by atomic mass is 10.2. The van der Waals surface area contributed by atoms with Gasteiger partial charge in [-0.1, -0.05) is 0 Å². The van der Waals surface area contributed by atoms with Crippen LogP contribution in [0.25, 0.3) is 11.2 Å². The molecule has 0 bridgehead atoms. The monoisotopic (exact) mass is 331 g/mol. The molecule has 3 unspecified atom stereocenters. The number of aromatic nitrogens is 4. The van der Waals surface area contributed by atoms with Gasteiger partial charge in [0.25, 0.3) is 0 Å². The van der Waals surface area contributed by atoms with Crippen LogP contribution in [0, 0.1) is 0 Å². The summed E-state index contributed by atoms with van der Waals surface area (Å²) in [5.41, 5.74) is 6.71. The number of hydrogen-bond donors (Lipinski definition) is 2. The number of halogens is 1. The number of aliphatic hydroxyl groups is 1. The van der Waals surface area contributed by atoms with E-state index in [1.54, 1.807) is 10.9 Å². The van der Waals surface area contributed by atoms with Crippen LogP contribution >= 0.6 is 23.6 Å². The molecule has 0 aromatic carbocycles. The van der Waals surface area contributed by atoms with Crippen molar-refractivity contribution in [2.24, 2.45) is 0 Å². The number of ether oxygens (including phenoxy) is 1. The summed E-state index contributed by atoms with van der Waals surface area (Å²) >= 11 is 7.06. The number of imidazole rings is 1. The van der Waals surface area contributed by atoms with E-state index in [1.807, 2.05) is 6.26 Å². The third-order valence-corrected chi connectivity index (χ3v) is 3.83. The van der Waals surface area contributed by atoms with Gasteiger partial charge in [0.1, 0.15) is 17.8 Å². The maximum Gasteiger partial charge on any atom is 0.226 e. The van der Waals surface area contributed by atoms with Crippen LogP contribution in [0.5, 0.6) is 0 Å². The van der Waals surface area contributed by atoms with Crippen LogP contribution in [0.1, 0.15) is 12.6 Å². The van der Waals surface area contributed by atoms with Crippen LogP contribution in [0.4, 0.5) is 5.82 Å². The third-order valence-electron chi connectivity index (χ3n) is 3.29. The zero-order valence-electron chi connectivity index (χ0n) is 11.1. The van der Waals surface area contributed by atoms with Gasteiger partial charge in [0.05, 0.1) is 19.0 Å². The molecule has 0 radical (unpaired) electrons. The van der Waals surface area contributed by atoms with Crippen molar-refractivity contribution in [2.75, 3.05) is 18.6 Å². The summed E-state index contributed by atoms with van der Waals surface area (Å²) in [4.78, 5) is 12.2. The molecule has 1 aliphatic rings. The Morgan fingerprint density at radius 2 is 2.43 bits per heavy atom. The van der Waals surface area contributed by atoms with Crippen molar-refractivity contribution in [3.05, 3.63) is 11.6 Å². The fourth-order valence-electron chi connectivity index (χ4n) is 2.29. The molecule has 1 fully saturated rings. The number of hydrogen-bond acceptors (Lipinski definition) is 8. The smallest absolute Gasteiger partial charge is 0.226 e. The first-order valence-corrected chi connectivity index (χ1v) is 7.77. The molecule has 2 aromatic rings. The third kappa shape index (κ3) is 2.79. The molecular weight excluding hydrogens is 318 g/mol. The van der Waals surface area contributed by atoms with Crippen molar-refractivity contribution in [3.63, 3.8) is 0 Å². The molecule has 0 saturated carbocycles. The molecule has 2 aromatic heterocycles. The molecule has 8 nitrogen and oxygen atoms in total. The normalized spacial score (nSPS) is 25.8. The van der Waals surface area contributed by atoms with Gasteiger partial charge in [-0.05, 0) is 23.6 Å². The number of nitrogens with two attached hydrogens (primary N) is 1. The molecule has 21 heavy (non-hydrogen) atoms. The van der Waals surface area contributed by atoms with Crippen LogP contribution in [0.2, 0.25) is 5.28 Å². The number of nitrogens with zero attached hydrogens (tertiary/aromatic N) is 4. The van der Waals surface area contributed by atoms with Gasteiger partial charge in [0, 0.05) is 12.7 Å². The van der Waals surface area contributed by atoms with Gasteiger partial charge in [-0.25, -0.2) is 4.98 Å². The molecule has 3 N–H and O–H groups in total. The molecule has 0 aliphatic carbocycles. The van der Waals surface area contributed by atoms with E-state index in [-0.39, 0.29) is 11.1 Å². The van der Waals surface area contributed by atoms with E-state index in [4.69, 9.17) is 26.3 Å². The summed E-state index contributed by atoms with van der Waals surface area (Å²) in [6.07, 6.45) is 2.37. The fraction of sp³-hybridized carbons (Fsp3) is 0.545. The lowest BCUT2D eigenvalue weighted by Crippen LogP contribution is -2.25. The van der Waals surface area contributed by atoms with E-state index in [1.165, 1.54) is 12.0 Å². The second-order valence-corrected chi connectivity index (χ2v) is 5.49. The number of fused-ring (bicyclic) bond motifs is 1. The van der Waals surface area contributed by atoms with Gasteiger partial charge in [-0.2, -0.15) is 9.97 Å². The van der Waals surface area contributed by atoms with Gasteiger partial charge in [-0.15, -0.1) is 0 Å². The number of rotatable bonds is 4. The first-order chi connectivity index (χ1) is 10.1. The number of anilines is 1. The van der Waals surface area contributed by atoms with Crippen LogP contribution in [-0.2, 0) is 8.92 Å². The van der Waals surface area contributed by atoms with Crippen molar-refractivity contribution in [1.29, 1.82) is 0 Å². The van der Waals surface area contributed by atoms with Crippen LogP contribution in [0.15, 0.2) is 6.33 Å². The zero-order valence-corrected chi connectivity index (χ0v) is 12.7. The second-order valence-electron chi connectivity index (χ2n) is 4.59. The van der Waals surface area contributed by atoms with E-state index in [9.17, 15) is 5.11 Å². The van der Waals surface area contributed by atoms with Crippen molar-refractivity contribution in [1.82, 2.24) is 19.5 Å². The summed E-state index contributed by atoms with van der Waals surface area (Å²) in [6.45, 7) is 0.309. The molecule has 0 amide bonds. The Morgan fingerprint density at radius 3 is 3.19 bits per heavy atom. The Balaban J connectivity index is 1.88. The highest BCUT2D eigenvalue weighted by molar-refractivity contribution is 7.93. The van der Waals surface area contributed by atoms with Crippen molar-refractivity contribution in [3.8, 4) is 0 Å². The maximum atomic E-state index is 10.0. The molecule has 10 heteroatoms. The molecular formula is C11H14ClN5O3S. The van der Waals surface area contributed by atoms with Crippen LogP contribution in [0.3, 0.4) is 0 Å². The van der Waals surface area contributed by atoms with E-state index < -0.39 is 18.4 Å². The molecule has 3 atom stereocenters. The molecule has 1 aliphatic heterocycles. The Morgan fingerprint density at radius 1 is 1.62 bits per heavy atom. The highest BCUT2D eigenvalue weighted by atomic mass is 35.5. The highest BCUT2D eigenvalue weighted by Gasteiger charge is 2.36. The van der Waals surface area contributed by atoms with Crippen molar-refractivity contribution >= 4 is 40.6 Å².